The SMILES string of the molecule is Cc1ccc(C(=O)O)cc1NC(=O)c1ncccc1F. The van der Waals surface area contributed by atoms with Crippen LogP contribution in [-0.4, -0.2) is 22.0 Å². The molecule has 1 aromatic carbocycles. The van der Waals surface area contributed by atoms with Crippen LogP contribution in [0.4, 0.5) is 10.1 Å². The average molecular weight is 274 g/mol. The number of nitrogens with one attached hydrogen (secondary N) is 1. The van der Waals surface area contributed by atoms with Crippen LogP contribution in [0.5, 0.6) is 0 Å². The van der Waals surface area contributed by atoms with Gasteiger partial charge in [0.2, 0.25) is 0 Å². The normalized spacial score (nSPS) is 10.1. The van der Waals surface area contributed by atoms with Gasteiger partial charge in [-0.2, -0.15) is 0 Å². The molecule has 1 aromatic heterocycles. The van der Waals surface area contributed by atoms with Gasteiger partial charge in [0.15, 0.2) is 11.5 Å². The molecule has 0 fully saturated rings. The minimum atomic E-state index is -1.11. The van der Waals surface area contributed by atoms with Crippen LogP contribution in [0, 0.1) is 12.7 Å². The minimum Gasteiger partial charge on any atom is -0.478 e. The second kappa shape index (κ2) is 5.48. The van der Waals surface area contributed by atoms with Crippen molar-refractivity contribution in [3.8, 4) is 0 Å². The standard InChI is InChI=1S/C14H11FN2O3/c1-8-4-5-9(14(19)20)7-11(8)17-13(18)12-10(15)3-2-6-16-12/h2-7H,1H3,(H,17,18)(H,19,20). The van der Waals surface area contributed by atoms with Crippen LogP contribution < -0.4 is 5.32 Å². The number of amides is 1. The third-order valence-electron chi connectivity index (χ3n) is 2.71. The molecule has 0 atom stereocenters. The van der Waals surface area contributed by atoms with Gasteiger partial charge in [0.1, 0.15) is 0 Å². The second-order valence-corrected chi connectivity index (χ2v) is 4.12. The lowest BCUT2D eigenvalue weighted by Crippen LogP contribution is -2.16. The Morgan fingerprint density at radius 1 is 1.30 bits per heavy atom. The van der Waals surface area contributed by atoms with Crippen LogP contribution in [0.25, 0.3) is 0 Å². The summed E-state index contributed by atoms with van der Waals surface area (Å²) >= 11 is 0. The molecular weight excluding hydrogens is 263 g/mol. The number of halogens is 1. The summed E-state index contributed by atoms with van der Waals surface area (Å²) in [7, 11) is 0. The summed E-state index contributed by atoms with van der Waals surface area (Å²) in [6, 6.07) is 6.81. The summed E-state index contributed by atoms with van der Waals surface area (Å²) in [6.45, 7) is 1.70. The lowest BCUT2D eigenvalue weighted by Gasteiger charge is -2.09. The Kier molecular flexibility index (Phi) is 3.74. The van der Waals surface area contributed by atoms with E-state index in [-0.39, 0.29) is 11.3 Å². The maximum Gasteiger partial charge on any atom is 0.335 e. The van der Waals surface area contributed by atoms with Gasteiger partial charge in [-0.1, -0.05) is 6.07 Å². The fourth-order valence-electron chi connectivity index (χ4n) is 1.62. The Morgan fingerprint density at radius 2 is 2.05 bits per heavy atom. The molecule has 102 valence electrons. The molecule has 20 heavy (non-hydrogen) atoms. The maximum absolute atomic E-state index is 13.4. The van der Waals surface area contributed by atoms with Gasteiger partial charge in [-0.05, 0) is 36.8 Å². The van der Waals surface area contributed by atoms with Gasteiger partial charge in [0, 0.05) is 11.9 Å². The monoisotopic (exact) mass is 274 g/mol. The Morgan fingerprint density at radius 3 is 2.70 bits per heavy atom. The highest BCUT2D eigenvalue weighted by Crippen LogP contribution is 2.18. The number of rotatable bonds is 3. The molecule has 2 aromatic rings. The average Bonchev–Trinajstić information content (AvgIpc) is 2.41. The Hall–Kier alpha value is -2.76. The topological polar surface area (TPSA) is 79.3 Å². The third-order valence-corrected chi connectivity index (χ3v) is 2.71. The van der Waals surface area contributed by atoms with E-state index in [1.54, 1.807) is 13.0 Å². The van der Waals surface area contributed by atoms with Crippen LogP contribution in [0.2, 0.25) is 0 Å². The first-order chi connectivity index (χ1) is 9.49. The summed E-state index contributed by atoms with van der Waals surface area (Å²) in [5, 5.41) is 11.4. The van der Waals surface area contributed by atoms with E-state index < -0.39 is 17.7 Å². The first-order valence-corrected chi connectivity index (χ1v) is 5.75. The number of anilines is 1. The molecule has 2 N–H and O–H groups in total. The molecule has 0 saturated heterocycles. The number of carboxylic acids is 1. The lowest BCUT2D eigenvalue weighted by atomic mass is 10.1. The zero-order valence-corrected chi connectivity index (χ0v) is 10.6. The molecule has 0 unspecified atom stereocenters. The highest BCUT2D eigenvalue weighted by Gasteiger charge is 2.15. The first-order valence-electron chi connectivity index (χ1n) is 5.75. The number of hydrogen-bond acceptors (Lipinski definition) is 3. The molecule has 1 heterocycles. The highest BCUT2D eigenvalue weighted by atomic mass is 19.1. The molecule has 0 radical (unpaired) electrons. The largest absolute Gasteiger partial charge is 0.478 e. The van der Waals surface area contributed by atoms with Crippen molar-refractivity contribution in [3.63, 3.8) is 0 Å². The molecule has 0 spiro atoms. The van der Waals surface area contributed by atoms with Crippen molar-refractivity contribution in [2.45, 2.75) is 6.92 Å². The van der Waals surface area contributed by atoms with Crippen molar-refractivity contribution in [2.24, 2.45) is 0 Å². The van der Waals surface area contributed by atoms with E-state index in [0.29, 0.717) is 11.3 Å². The number of pyridine rings is 1. The number of aromatic nitrogens is 1. The molecule has 0 aliphatic carbocycles. The van der Waals surface area contributed by atoms with Crippen LogP contribution in [0.15, 0.2) is 36.5 Å². The number of hydrogen-bond donors (Lipinski definition) is 2. The number of aryl methyl sites for hydroxylation is 1. The van der Waals surface area contributed by atoms with Crippen molar-refractivity contribution in [3.05, 3.63) is 59.2 Å². The number of aromatic carboxylic acids is 1. The van der Waals surface area contributed by atoms with Crippen molar-refractivity contribution in [2.75, 3.05) is 5.32 Å². The Bertz CT molecular complexity index is 686. The van der Waals surface area contributed by atoms with Crippen LogP contribution in [0.3, 0.4) is 0 Å². The molecule has 5 nitrogen and oxygen atoms in total. The van der Waals surface area contributed by atoms with E-state index in [1.807, 2.05) is 0 Å². The van der Waals surface area contributed by atoms with Crippen molar-refractivity contribution in [1.82, 2.24) is 4.98 Å². The summed E-state index contributed by atoms with van der Waals surface area (Å²) in [4.78, 5) is 26.5. The molecule has 6 heteroatoms. The molecule has 0 aliphatic rings. The van der Waals surface area contributed by atoms with Gasteiger partial charge in [-0.15, -0.1) is 0 Å². The Labute approximate surface area is 114 Å². The highest BCUT2D eigenvalue weighted by molar-refractivity contribution is 6.04. The van der Waals surface area contributed by atoms with Gasteiger partial charge in [0.25, 0.3) is 5.91 Å². The third kappa shape index (κ3) is 2.80. The predicted octanol–water partition coefficient (Wildman–Crippen LogP) is 2.48. The van der Waals surface area contributed by atoms with E-state index in [1.165, 1.54) is 24.4 Å². The van der Waals surface area contributed by atoms with Gasteiger partial charge in [-0.25, -0.2) is 14.2 Å². The summed E-state index contributed by atoms with van der Waals surface area (Å²) in [5.41, 5.74) is 0.666. The van der Waals surface area contributed by atoms with Gasteiger partial charge in [-0.3, -0.25) is 4.79 Å². The number of carbonyl (C=O) groups is 2. The molecule has 1 amide bonds. The van der Waals surface area contributed by atoms with E-state index in [9.17, 15) is 14.0 Å². The summed E-state index contributed by atoms with van der Waals surface area (Å²) < 4.78 is 13.4. The molecule has 0 aliphatic heterocycles. The van der Waals surface area contributed by atoms with Crippen LogP contribution >= 0.6 is 0 Å². The number of carboxylic acid groups (broad SMARTS) is 1. The zero-order valence-electron chi connectivity index (χ0n) is 10.6. The second-order valence-electron chi connectivity index (χ2n) is 4.12. The van der Waals surface area contributed by atoms with Gasteiger partial charge < -0.3 is 10.4 Å². The van der Waals surface area contributed by atoms with E-state index >= 15 is 0 Å². The van der Waals surface area contributed by atoms with Crippen molar-refractivity contribution in [1.29, 1.82) is 0 Å². The predicted molar refractivity (Wildman–Crippen MR) is 70.3 cm³/mol. The lowest BCUT2D eigenvalue weighted by molar-refractivity contribution is 0.0696. The molecule has 0 saturated carbocycles. The summed E-state index contributed by atoms with van der Waals surface area (Å²) in [5.74, 6) is -2.57. The van der Waals surface area contributed by atoms with Crippen LogP contribution in [0.1, 0.15) is 26.4 Å². The number of carbonyl (C=O) groups excluding carboxylic acids is 1. The number of nitrogens with zero attached hydrogens (tertiary/aromatic N) is 1. The fourth-order valence-corrected chi connectivity index (χ4v) is 1.62. The van der Waals surface area contributed by atoms with Crippen molar-refractivity contribution < 1.29 is 19.1 Å². The minimum absolute atomic E-state index is 0.0346. The van der Waals surface area contributed by atoms with Gasteiger partial charge in [0.05, 0.1) is 5.56 Å². The zero-order chi connectivity index (χ0) is 14.7. The van der Waals surface area contributed by atoms with E-state index in [2.05, 4.69) is 10.3 Å². The molecule has 0 bridgehead atoms. The smallest absolute Gasteiger partial charge is 0.335 e. The molecule has 2 rings (SSSR count). The van der Waals surface area contributed by atoms with E-state index in [0.717, 1.165) is 6.07 Å². The fraction of sp³-hybridized carbons (Fsp3) is 0.0714. The van der Waals surface area contributed by atoms with Crippen LogP contribution in [-0.2, 0) is 0 Å². The van der Waals surface area contributed by atoms with E-state index in [4.69, 9.17) is 5.11 Å². The quantitative estimate of drug-likeness (QED) is 0.901. The maximum atomic E-state index is 13.4. The first kappa shape index (κ1) is 13.7. The van der Waals surface area contributed by atoms with Crippen molar-refractivity contribution >= 4 is 17.6 Å². The Balaban J connectivity index is 2.30. The number of benzene rings is 1. The van der Waals surface area contributed by atoms with Gasteiger partial charge >= 0.3 is 5.97 Å². The summed E-state index contributed by atoms with van der Waals surface area (Å²) in [6.07, 6.45) is 1.30. The molecular formula is C14H11FN2O3.